The molecule has 222 valence electrons. The minimum Gasteiger partial charge on any atom is -0.476 e. The normalized spacial score (nSPS) is 31.9. The summed E-state index contributed by atoms with van der Waals surface area (Å²) in [6.45, 7) is 3.39. The van der Waals surface area contributed by atoms with Crippen molar-refractivity contribution in [1.82, 2.24) is 19.5 Å². The van der Waals surface area contributed by atoms with E-state index in [0.29, 0.717) is 17.8 Å². The summed E-state index contributed by atoms with van der Waals surface area (Å²) in [5, 5.41) is 0. The number of alkyl halides is 3. The Labute approximate surface area is 231 Å². The summed E-state index contributed by atoms with van der Waals surface area (Å²) >= 11 is 0. The van der Waals surface area contributed by atoms with E-state index in [1.807, 2.05) is 0 Å². The monoisotopic (exact) mass is 601 g/mol. The van der Waals surface area contributed by atoms with E-state index in [2.05, 4.69) is 15.0 Å². The number of anilines is 1. The summed E-state index contributed by atoms with van der Waals surface area (Å²) in [5.41, 5.74) is 4.52. The van der Waals surface area contributed by atoms with Gasteiger partial charge in [-0.2, -0.15) is 23.1 Å². The van der Waals surface area contributed by atoms with Gasteiger partial charge in [0.1, 0.15) is 24.6 Å². The number of halogens is 3. The number of fused-ring (bicyclic) bond motifs is 2. The molecule has 2 aromatic heterocycles. The van der Waals surface area contributed by atoms with Crippen LogP contribution in [-0.2, 0) is 38.5 Å². The van der Waals surface area contributed by atoms with Gasteiger partial charge in [0.15, 0.2) is 17.4 Å². The third-order valence-electron chi connectivity index (χ3n) is 7.15. The Morgan fingerprint density at radius 1 is 1.27 bits per heavy atom. The van der Waals surface area contributed by atoms with Crippen LogP contribution in [-0.4, -0.2) is 63.9 Å². The summed E-state index contributed by atoms with van der Waals surface area (Å²) in [6, 6.07) is 4.96. The van der Waals surface area contributed by atoms with Crippen LogP contribution in [0.25, 0.3) is 11.2 Å². The minimum absolute atomic E-state index is 0.0304. The van der Waals surface area contributed by atoms with Gasteiger partial charge in [-0.25, -0.2) is 9.55 Å². The Bertz CT molecular complexity index is 1490. The highest BCUT2D eigenvalue weighted by Gasteiger charge is 2.60. The van der Waals surface area contributed by atoms with Crippen LogP contribution in [0.5, 0.6) is 5.88 Å². The maximum Gasteiger partial charge on any atom is 0.475 e. The van der Waals surface area contributed by atoms with Crippen molar-refractivity contribution < 1.29 is 50.3 Å². The van der Waals surface area contributed by atoms with Gasteiger partial charge in [-0.3, -0.25) is 18.1 Å². The molecule has 2 N–H and O–H groups in total. The maximum atomic E-state index is 13.6. The summed E-state index contributed by atoms with van der Waals surface area (Å²) in [6.07, 6.45) is -6.58. The van der Waals surface area contributed by atoms with Crippen LogP contribution < -0.4 is 10.5 Å². The molecule has 41 heavy (non-hydrogen) atoms. The average molecular weight is 601 g/mol. The predicted octanol–water partition coefficient (Wildman–Crippen LogP) is 4.16. The number of phosphoric ester groups is 1. The van der Waals surface area contributed by atoms with Gasteiger partial charge in [0, 0.05) is 6.42 Å². The number of benzene rings is 1. The van der Waals surface area contributed by atoms with E-state index < -0.39 is 49.7 Å². The van der Waals surface area contributed by atoms with Crippen LogP contribution in [0, 0.1) is 0 Å². The van der Waals surface area contributed by atoms with E-state index in [1.165, 1.54) is 24.5 Å². The van der Waals surface area contributed by atoms with Gasteiger partial charge in [0.2, 0.25) is 11.8 Å². The molecule has 17 heteroatoms. The Balaban J connectivity index is 1.22. The molecule has 0 saturated carbocycles. The molecule has 0 bridgehead atoms. The van der Waals surface area contributed by atoms with Crippen molar-refractivity contribution in [1.29, 1.82) is 0 Å². The third-order valence-corrected chi connectivity index (χ3v) is 8.63. The zero-order chi connectivity index (χ0) is 29.0. The van der Waals surface area contributed by atoms with Crippen LogP contribution in [0.15, 0.2) is 30.6 Å². The molecule has 0 amide bonds. The van der Waals surface area contributed by atoms with Gasteiger partial charge < -0.3 is 24.7 Å². The van der Waals surface area contributed by atoms with Crippen molar-refractivity contribution in [3.63, 3.8) is 0 Å². The molecule has 6 atom stereocenters. The number of nitrogen functional groups attached to an aromatic ring is 1. The topological polar surface area (TPSA) is 151 Å². The highest BCUT2D eigenvalue weighted by atomic mass is 31.2. The number of aromatic nitrogens is 4. The lowest BCUT2D eigenvalue weighted by Crippen LogP contribution is -2.42. The van der Waals surface area contributed by atoms with Gasteiger partial charge in [0.05, 0.1) is 37.8 Å². The highest BCUT2D eigenvalue weighted by molar-refractivity contribution is 7.48. The van der Waals surface area contributed by atoms with Crippen molar-refractivity contribution in [3.05, 3.63) is 41.7 Å². The van der Waals surface area contributed by atoms with Gasteiger partial charge in [-0.05, 0) is 25.5 Å². The molecule has 3 aliphatic rings. The smallest absolute Gasteiger partial charge is 0.475 e. The summed E-state index contributed by atoms with van der Waals surface area (Å²) in [4.78, 5) is 12.8. The average Bonchev–Trinajstić information content (AvgIpc) is 3.59. The first kappa shape index (κ1) is 28.3. The molecular weight excluding hydrogens is 574 g/mol. The van der Waals surface area contributed by atoms with E-state index in [4.69, 9.17) is 38.3 Å². The summed E-state index contributed by atoms with van der Waals surface area (Å²) in [5.74, 6) is 0.181. The number of ether oxygens (including phenoxy) is 4. The number of hydrogen-bond acceptors (Lipinski definition) is 12. The first-order chi connectivity index (χ1) is 19.5. The molecule has 3 saturated heterocycles. The summed E-state index contributed by atoms with van der Waals surface area (Å²) < 4.78 is 95.7. The Kier molecular flexibility index (Phi) is 7.21. The number of nitrogens with zero attached hydrogens (tertiary/aromatic N) is 4. The number of hydrogen-bond donors (Lipinski definition) is 1. The van der Waals surface area contributed by atoms with E-state index in [1.54, 1.807) is 18.4 Å². The molecular formula is C24H27F3N5O8P. The molecule has 0 spiro atoms. The van der Waals surface area contributed by atoms with E-state index in [9.17, 15) is 17.7 Å². The lowest BCUT2D eigenvalue weighted by molar-refractivity contribution is -0.139. The van der Waals surface area contributed by atoms with E-state index in [0.717, 1.165) is 6.07 Å². The zero-order valence-corrected chi connectivity index (χ0v) is 22.8. The predicted molar refractivity (Wildman–Crippen MR) is 133 cm³/mol. The highest BCUT2D eigenvalue weighted by Crippen LogP contribution is 2.58. The quantitative estimate of drug-likeness (QED) is 0.387. The lowest BCUT2D eigenvalue weighted by Gasteiger charge is -2.31. The summed E-state index contributed by atoms with van der Waals surface area (Å²) in [7, 11) is -4.27. The number of nitrogens with two attached hydrogens (primary N) is 1. The Morgan fingerprint density at radius 2 is 2.07 bits per heavy atom. The molecule has 3 aliphatic heterocycles. The zero-order valence-electron chi connectivity index (χ0n) is 21.9. The molecule has 0 aliphatic carbocycles. The SMILES string of the molecule is CCOc1nc(N)nc2c1ncn2[C@@H]1O[C@H](CO[P@@]2(=O)OCC[C@@H](c3ccccc3C(F)(F)F)O2)[C@H]2OCO[C@]21C. The fourth-order valence-electron chi connectivity index (χ4n) is 5.32. The van der Waals surface area contributed by atoms with Crippen molar-refractivity contribution in [2.75, 3.05) is 32.3 Å². The van der Waals surface area contributed by atoms with Gasteiger partial charge in [-0.15, -0.1) is 0 Å². The lowest BCUT2D eigenvalue weighted by atomic mass is 9.96. The first-order valence-corrected chi connectivity index (χ1v) is 14.3. The van der Waals surface area contributed by atoms with Crippen LogP contribution in [0.2, 0.25) is 0 Å². The van der Waals surface area contributed by atoms with Crippen LogP contribution in [0.4, 0.5) is 19.1 Å². The molecule has 0 unspecified atom stereocenters. The van der Waals surface area contributed by atoms with Crippen LogP contribution >= 0.6 is 7.82 Å². The number of rotatable bonds is 7. The van der Waals surface area contributed by atoms with E-state index in [-0.39, 0.29) is 43.8 Å². The Morgan fingerprint density at radius 3 is 2.85 bits per heavy atom. The van der Waals surface area contributed by atoms with Crippen molar-refractivity contribution in [3.8, 4) is 5.88 Å². The minimum atomic E-state index is -4.61. The number of phosphoric acid groups is 1. The standard InChI is InChI=1S/C24H27F3N5O8P/c1-3-34-20-17-19(30-22(28)31-20)32(11-29-17)21-23(2)18(35-12-36-23)16(39-21)10-38-41(33)37-9-8-15(40-41)13-6-4-5-7-14(13)24(25,26)27/h4-7,11,15-16,18,21H,3,8-10,12H2,1-2H3,(H2,28,30,31)/t15-,16+,18+,21+,23+,41+/m0/s1. The number of imidazole rings is 1. The molecule has 3 aromatic rings. The molecule has 6 rings (SSSR count). The van der Waals surface area contributed by atoms with Gasteiger partial charge >= 0.3 is 14.0 Å². The van der Waals surface area contributed by atoms with Crippen molar-refractivity contribution >= 4 is 24.9 Å². The van der Waals surface area contributed by atoms with Crippen molar-refractivity contribution in [2.24, 2.45) is 0 Å². The molecule has 13 nitrogen and oxygen atoms in total. The largest absolute Gasteiger partial charge is 0.476 e. The molecule has 1 aromatic carbocycles. The molecule has 5 heterocycles. The van der Waals surface area contributed by atoms with Gasteiger partial charge in [0.25, 0.3) is 0 Å². The second-order valence-electron chi connectivity index (χ2n) is 9.75. The molecule has 0 radical (unpaired) electrons. The van der Waals surface area contributed by atoms with Crippen LogP contribution in [0.3, 0.4) is 0 Å². The Hall–Kier alpha value is -2.85. The second kappa shape index (κ2) is 10.5. The van der Waals surface area contributed by atoms with Gasteiger partial charge in [-0.1, -0.05) is 18.2 Å². The molecule has 3 fully saturated rings. The van der Waals surface area contributed by atoms with Crippen molar-refractivity contribution in [2.45, 2.75) is 56.6 Å². The third kappa shape index (κ3) is 5.07. The fourth-order valence-corrected chi connectivity index (χ4v) is 6.70. The van der Waals surface area contributed by atoms with E-state index >= 15 is 0 Å². The second-order valence-corrected chi connectivity index (χ2v) is 11.4. The maximum absolute atomic E-state index is 13.6. The van der Waals surface area contributed by atoms with Crippen LogP contribution in [0.1, 0.15) is 43.7 Å². The fraction of sp³-hybridized carbons (Fsp3) is 0.542. The first-order valence-electron chi connectivity index (χ1n) is 12.8.